The molecular formula is C23H42O6. The van der Waals surface area contributed by atoms with Crippen molar-refractivity contribution in [2.24, 2.45) is 5.92 Å². The Labute approximate surface area is 176 Å². The summed E-state index contributed by atoms with van der Waals surface area (Å²) in [5.74, 6) is -1.90. The molecule has 1 aliphatic rings. The summed E-state index contributed by atoms with van der Waals surface area (Å²) in [6, 6.07) is 0. The highest BCUT2D eigenvalue weighted by Gasteiger charge is 2.47. The number of carbonyl (C=O) groups is 1. The summed E-state index contributed by atoms with van der Waals surface area (Å²) in [5, 5.41) is 38.5. The summed E-state index contributed by atoms with van der Waals surface area (Å²) in [7, 11) is 0. The maximum Gasteiger partial charge on any atom is 0.309 e. The zero-order valence-corrected chi connectivity index (χ0v) is 18.0. The van der Waals surface area contributed by atoms with Gasteiger partial charge in [0, 0.05) is 0 Å². The Morgan fingerprint density at radius 1 is 0.897 bits per heavy atom. The topological polar surface area (TPSA) is 107 Å². The fourth-order valence-corrected chi connectivity index (χ4v) is 3.95. The molecule has 6 nitrogen and oxygen atoms in total. The van der Waals surface area contributed by atoms with E-state index >= 15 is 0 Å². The largest absolute Gasteiger partial charge is 0.481 e. The third kappa shape index (κ3) is 10.1. The minimum Gasteiger partial charge on any atom is -0.481 e. The fourth-order valence-electron chi connectivity index (χ4n) is 3.95. The van der Waals surface area contributed by atoms with Crippen molar-refractivity contribution >= 4 is 5.97 Å². The van der Waals surface area contributed by atoms with Crippen LogP contribution >= 0.6 is 0 Å². The molecule has 0 aromatic heterocycles. The molecule has 1 fully saturated rings. The van der Waals surface area contributed by atoms with Crippen LogP contribution in [0, 0.1) is 5.92 Å². The van der Waals surface area contributed by atoms with Crippen LogP contribution in [0.4, 0.5) is 0 Å². The van der Waals surface area contributed by atoms with Gasteiger partial charge in [-0.05, 0) is 32.1 Å². The molecule has 1 aliphatic heterocycles. The lowest BCUT2D eigenvalue weighted by molar-refractivity contribution is -0.150. The van der Waals surface area contributed by atoms with Gasteiger partial charge in [-0.15, -0.1) is 0 Å². The van der Waals surface area contributed by atoms with Crippen LogP contribution in [0.2, 0.25) is 0 Å². The monoisotopic (exact) mass is 414 g/mol. The molecule has 0 aliphatic carbocycles. The first-order valence-corrected chi connectivity index (χ1v) is 11.5. The molecule has 1 heterocycles. The van der Waals surface area contributed by atoms with Crippen molar-refractivity contribution < 1.29 is 30.0 Å². The molecule has 0 aromatic carbocycles. The minimum atomic E-state index is -1.27. The predicted octanol–water partition coefficient (Wildman–Crippen LogP) is 3.82. The molecule has 1 unspecified atom stereocenters. The average Bonchev–Trinajstić information content (AvgIpc) is 2.99. The zero-order chi connectivity index (χ0) is 21.5. The molecule has 1 rings (SSSR count). The summed E-state index contributed by atoms with van der Waals surface area (Å²) in [6.07, 6.45) is 14.5. The van der Waals surface area contributed by atoms with E-state index < -0.39 is 42.9 Å². The molecule has 5 atom stereocenters. The number of aliphatic carboxylic acids is 1. The van der Waals surface area contributed by atoms with E-state index in [1.807, 2.05) is 0 Å². The van der Waals surface area contributed by atoms with Crippen LogP contribution in [-0.2, 0) is 9.53 Å². The van der Waals surface area contributed by atoms with Crippen LogP contribution in [0.25, 0.3) is 0 Å². The first-order chi connectivity index (χ1) is 14.0. The highest BCUT2D eigenvalue weighted by Crippen LogP contribution is 2.30. The Morgan fingerprint density at radius 3 is 1.97 bits per heavy atom. The minimum absolute atomic E-state index is 0.399. The number of rotatable bonds is 17. The number of allylic oxidation sites excluding steroid dienone is 2. The zero-order valence-electron chi connectivity index (χ0n) is 18.0. The summed E-state index contributed by atoms with van der Waals surface area (Å²) in [4.78, 5) is 11.6. The fraction of sp³-hybridized carbons (Fsp3) is 0.870. The molecule has 0 aromatic rings. The number of aliphatic hydroxyl groups is 3. The molecule has 6 heteroatoms. The van der Waals surface area contributed by atoms with Crippen LogP contribution < -0.4 is 0 Å². The van der Waals surface area contributed by atoms with Gasteiger partial charge in [0.2, 0.25) is 0 Å². The van der Waals surface area contributed by atoms with Gasteiger partial charge >= 0.3 is 5.97 Å². The summed E-state index contributed by atoms with van der Waals surface area (Å²) < 4.78 is 5.39. The van der Waals surface area contributed by atoms with Crippen molar-refractivity contribution in [3.8, 4) is 0 Å². The van der Waals surface area contributed by atoms with Crippen LogP contribution in [0.1, 0.15) is 90.4 Å². The molecule has 0 radical (unpaired) electrons. The van der Waals surface area contributed by atoms with Crippen molar-refractivity contribution in [1.29, 1.82) is 0 Å². The van der Waals surface area contributed by atoms with Gasteiger partial charge < -0.3 is 25.2 Å². The van der Waals surface area contributed by atoms with Gasteiger partial charge in [0.05, 0.1) is 18.6 Å². The van der Waals surface area contributed by atoms with Gasteiger partial charge in [0.1, 0.15) is 18.3 Å². The lowest BCUT2D eigenvalue weighted by Gasteiger charge is -2.22. The lowest BCUT2D eigenvalue weighted by atomic mass is 9.91. The maximum atomic E-state index is 11.6. The van der Waals surface area contributed by atoms with Gasteiger partial charge in [-0.2, -0.15) is 0 Å². The van der Waals surface area contributed by atoms with E-state index in [2.05, 4.69) is 19.1 Å². The summed E-state index contributed by atoms with van der Waals surface area (Å²) >= 11 is 0. The molecular weight excluding hydrogens is 372 g/mol. The second kappa shape index (κ2) is 15.8. The lowest BCUT2D eigenvalue weighted by Crippen LogP contribution is -2.39. The van der Waals surface area contributed by atoms with E-state index in [0.29, 0.717) is 6.42 Å². The molecule has 29 heavy (non-hydrogen) atoms. The van der Waals surface area contributed by atoms with E-state index in [1.54, 1.807) is 0 Å². The molecule has 1 saturated heterocycles. The molecule has 0 bridgehead atoms. The van der Waals surface area contributed by atoms with Crippen molar-refractivity contribution in [3.05, 3.63) is 12.2 Å². The van der Waals surface area contributed by atoms with Gasteiger partial charge in [0.15, 0.2) is 0 Å². The standard InChI is InChI=1S/C23H42O6/c1-2-3-4-5-6-7-8-9-10-11-12-13-14-15-16-18(23(27)28)22-21(26)20(25)19(17-24)29-22/h9-10,18-22,24-26H,2-8,11-17H2,1H3,(H,27,28)/b10-9-/t18?,19-,20-,21-,22+/m1/s1. The van der Waals surface area contributed by atoms with Crippen LogP contribution in [-0.4, -0.2) is 57.4 Å². The highest BCUT2D eigenvalue weighted by molar-refractivity contribution is 5.71. The third-order valence-corrected chi connectivity index (χ3v) is 5.82. The second-order valence-electron chi connectivity index (χ2n) is 8.27. The van der Waals surface area contributed by atoms with Crippen molar-refractivity contribution in [2.75, 3.05) is 6.61 Å². The van der Waals surface area contributed by atoms with E-state index in [0.717, 1.165) is 38.5 Å². The molecule has 0 saturated carbocycles. The van der Waals surface area contributed by atoms with E-state index in [-0.39, 0.29) is 0 Å². The summed E-state index contributed by atoms with van der Waals surface area (Å²) in [6.45, 7) is 1.80. The van der Waals surface area contributed by atoms with E-state index in [1.165, 1.54) is 38.5 Å². The van der Waals surface area contributed by atoms with Gasteiger partial charge in [0.25, 0.3) is 0 Å². The average molecular weight is 415 g/mol. The first kappa shape index (κ1) is 26.1. The molecule has 170 valence electrons. The van der Waals surface area contributed by atoms with E-state index in [9.17, 15) is 20.1 Å². The molecule has 4 N–H and O–H groups in total. The number of hydrogen-bond acceptors (Lipinski definition) is 5. The van der Waals surface area contributed by atoms with E-state index in [4.69, 9.17) is 9.84 Å². The Balaban J connectivity index is 2.10. The third-order valence-electron chi connectivity index (χ3n) is 5.82. The van der Waals surface area contributed by atoms with Crippen molar-refractivity contribution in [1.82, 2.24) is 0 Å². The highest BCUT2D eigenvalue weighted by atomic mass is 16.6. The number of carboxylic acid groups (broad SMARTS) is 1. The maximum absolute atomic E-state index is 11.6. The Morgan fingerprint density at radius 2 is 1.45 bits per heavy atom. The van der Waals surface area contributed by atoms with Crippen molar-refractivity contribution in [3.63, 3.8) is 0 Å². The Kier molecular flexibility index (Phi) is 14.2. The summed E-state index contributed by atoms with van der Waals surface area (Å²) in [5.41, 5.74) is 0. The smallest absolute Gasteiger partial charge is 0.309 e. The SMILES string of the molecule is CCCCCCCC/C=C\CCCCCCC(C(=O)O)[C@@H]1O[C@H](CO)[C@@H](O)[C@H]1O. The number of aliphatic hydroxyl groups excluding tert-OH is 3. The molecule has 0 spiro atoms. The van der Waals surface area contributed by atoms with Gasteiger partial charge in [-0.1, -0.05) is 70.4 Å². The van der Waals surface area contributed by atoms with Crippen LogP contribution in [0.3, 0.4) is 0 Å². The van der Waals surface area contributed by atoms with Gasteiger partial charge in [-0.3, -0.25) is 4.79 Å². The quantitative estimate of drug-likeness (QED) is 0.213. The number of hydrogen-bond donors (Lipinski definition) is 4. The van der Waals surface area contributed by atoms with Crippen molar-refractivity contribution in [2.45, 2.75) is 115 Å². The number of unbranched alkanes of at least 4 members (excludes halogenated alkanes) is 10. The second-order valence-corrected chi connectivity index (χ2v) is 8.27. The van der Waals surface area contributed by atoms with Gasteiger partial charge in [-0.25, -0.2) is 0 Å². The Bertz CT molecular complexity index is 453. The number of ether oxygens (including phenoxy) is 1. The Hall–Kier alpha value is -0.950. The predicted molar refractivity (Wildman–Crippen MR) is 114 cm³/mol. The normalized spacial score (nSPS) is 25.7. The first-order valence-electron chi connectivity index (χ1n) is 11.5. The van der Waals surface area contributed by atoms with Crippen LogP contribution in [0.15, 0.2) is 12.2 Å². The number of carboxylic acids is 1. The molecule has 0 amide bonds. The van der Waals surface area contributed by atoms with Crippen LogP contribution in [0.5, 0.6) is 0 Å².